The minimum absolute atomic E-state index is 0.0258. The maximum Gasteiger partial charge on any atom is 0.260 e. The van der Waals surface area contributed by atoms with Crippen LogP contribution >= 0.6 is 11.3 Å². The van der Waals surface area contributed by atoms with Gasteiger partial charge in [0.1, 0.15) is 11.3 Å². The van der Waals surface area contributed by atoms with E-state index in [0.717, 1.165) is 34.6 Å². The predicted molar refractivity (Wildman–Crippen MR) is 121 cm³/mol. The molecule has 0 saturated heterocycles. The van der Waals surface area contributed by atoms with Crippen molar-refractivity contribution in [3.8, 4) is 5.75 Å². The number of methoxy groups -OCH3 is 1. The number of amides is 1. The van der Waals surface area contributed by atoms with E-state index < -0.39 is 0 Å². The lowest BCUT2D eigenvalue weighted by Crippen LogP contribution is -3.05. The van der Waals surface area contributed by atoms with Gasteiger partial charge in [0.2, 0.25) is 0 Å². The molecule has 2 aromatic carbocycles. The molecule has 0 aliphatic rings. The molecule has 1 aromatic heterocycles. The Morgan fingerprint density at radius 1 is 1.14 bits per heavy atom. The van der Waals surface area contributed by atoms with Gasteiger partial charge in [-0.3, -0.25) is 9.69 Å². The van der Waals surface area contributed by atoms with Crippen molar-refractivity contribution in [1.82, 2.24) is 4.98 Å². The Morgan fingerprint density at radius 2 is 1.86 bits per heavy atom. The summed E-state index contributed by atoms with van der Waals surface area (Å²) >= 11 is 1.52. The molecule has 0 saturated carbocycles. The summed E-state index contributed by atoms with van der Waals surface area (Å²) in [6, 6.07) is 13.6. The van der Waals surface area contributed by atoms with Crippen LogP contribution in [0, 0.1) is 0 Å². The lowest BCUT2D eigenvalue weighted by Gasteiger charge is -2.21. The molecule has 0 fully saturated rings. The fraction of sp³-hybridized carbons (Fsp3) is 0.364. The van der Waals surface area contributed by atoms with Gasteiger partial charge in [0.05, 0.1) is 32.4 Å². The van der Waals surface area contributed by atoms with Crippen LogP contribution in [0.3, 0.4) is 0 Å². The Bertz CT molecular complexity index is 967. The van der Waals surface area contributed by atoms with Crippen molar-refractivity contribution in [2.24, 2.45) is 0 Å². The molecule has 0 atom stereocenters. The molecule has 154 valence electrons. The Balaban J connectivity index is 1.94. The molecule has 0 unspecified atom stereocenters. The Labute approximate surface area is 176 Å². The first-order chi connectivity index (χ1) is 13.9. The van der Waals surface area contributed by atoms with E-state index in [1.807, 2.05) is 61.5 Å². The number of nitrogens with one attached hydrogen (secondary N) is 1. The van der Waals surface area contributed by atoms with Crippen LogP contribution < -0.4 is 19.4 Å². The van der Waals surface area contributed by atoms with Crippen LogP contribution in [-0.2, 0) is 0 Å². The average molecular weight is 414 g/mol. The van der Waals surface area contributed by atoms with E-state index >= 15 is 0 Å². The first kappa shape index (κ1) is 21.1. The third kappa shape index (κ3) is 4.86. The van der Waals surface area contributed by atoms with E-state index in [0.29, 0.717) is 17.2 Å². The molecule has 7 heteroatoms. The highest BCUT2D eigenvalue weighted by Crippen LogP contribution is 2.34. The number of para-hydroxylation sites is 1. The van der Waals surface area contributed by atoms with Gasteiger partial charge in [-0.1, -0.05) is 17.4 Å². The first-order valence-electron chi connectivity index (χ1n) is 9.72. The number of fused-ring (bicyclic) bond motifs is 1. The third-order valence-corrected chi connectivity index (χ3v) is 5.80. The summed E-state index contributed by atoms with van der Waals surface area (Å²) in [7, 11) is 9.86. The zero-order valence-electron chi connectivity index (χ0n) is 17.7. The van der Waals surface area contributed by atoms with E-state index in [9.17, 15) is 4.79 Å². The van der Waals surface area contributed by atoms with Gasteiger partial charge in [-0.15, -0.1) is 0 Å². The van der Waals surface area contributed by atoms with Crippen LogP contribution in [0.1, 0.15) is 16.8 Å². The summed E-state index contributed by atoms with van der Waals surface area (Å²) in [5.74, 6) is 0.701. The topological polar surface area (TPSA) is 50.1 Å². The highest BCUT2D eigenvalue weighted by molar-refractivity contribution is 7.22. The second-order valence-electron chi connectivity index (χ2n) is 7.51. The molecule has 1 N–H and O–H groups in total. The highest BCUT2D eigenvalue weighted by atomic mass is 32.1. The maximum atomic E-state index is 13.4. The van der Waals surface area contributed by atoms with Crippen LogP contribution in [0.5, 0.6) is 5.75 Å². The molecule has 0 radical (unpaired) electrons. The lowest BCUT2D eigenvalue weighted by molar-refractivity contribution is -0.858. The standard InChI is InChI=1S/C22H28N4O2S/c1-24(2)14-7-15-26(21(27)16-10-12-17(13-11-16)25(3)4)22-23-20-18(28-5)8-6-9-19(20)29-22/h6,8-13H,7,14-15H2,1-5H3/p+1. The van der Waals surface area contributed by atoms with E-state index in [1.165, 1.54) is 16.2 Å². The summed E-state index contributed by atoms with van der Waals surface area (Å²) in [5.41, 5.74) is 2.53. The van der Waals surface area contributed by atoms with Gasteiger partial charge < -0.3 is 14.5 Å². The molecular weight excluding hydrogens is 384 g/mol. The van der Waals surface area contributed by atoms with Crippen molar-refractivity contribution in [2.75, 3.05) is 58.2 Å². The van der Waals surface area contributed by atoms with Crippen molar-refractivity contribution < 1.29 is 14.4 Å². The zero-order chi connectivity index (χ0) is 21.0. The van der Waals surface area contributed by atoms with E-state index in [1.54, 1.807) is 12.0 Å². The summed E-state index contributed by atoms with van der Waals surface area (Å²) in [4.78, 5) is 23.3. The normalized spacial score (nSPS) is 11.1. The van der Waals surface area contributed by atoms with Crippen LogP contribution in [0.25, 0.3) is 10.2 Å². The van der Waals surface area contributed by atoms with Crippen molar-refractivity contribution in [3.05, 3.63) is 48.0 Å². The van der Waals surface area contributed by atoms with Gasteiger partial charge >= 0.3 is 0 Å². The summed E-state index contributed by atoms with van der Waals surface area (Å²) in [6.45, 7) is 1.61. The number of carbonyl (C=O) groups excluding carboxylic acids is 1. The van der Waals surface area contributed by atoms with Crippen molar-refractivity contribution >= 4 is 38.3 Å². The summed E-state index contributed by atoms with van der Waals surface area (Å²) in [5, 5.41) is 0.708. The van der Waals surface area contributed by atoms with Crippen LogP contribution in [0.2, 0.25) is 0 Å². The van der Waals surface area contributed by atoms with E-state index in [2.05, 4.69) is 14.1 Å². The van der Waals surface area contributed by atoms with Gasteiger partial charge in [0.15, 0.2) is 5.13 Å². The molecule has 3 aromatic rings. The second-order valence-corrected chi connectivity index (χ2v) is 8.52. The van der Waals surface area contributed by atoms with Gasteiger partial charge in [-0.2, -0.15) is 0 Å². The van der Waals surface area contributed by atoms with Gasteiger partial charge in [-0.05, 0) is 36.4 Å². The second kappa shape index (κ2) is 9.24. The van der Waals surface area contributed by atoms with Crippen molar-refractivity contribution in [1.29, 1.82) is 0 Å². The molecule has 0 spiro atoms. The number of rotatable bonds is 8. The molecule has 0 aliphatic carbocycles. The number of hydrogen-bond acceptors (Lipinski definition) is 5. The van der Waals surface area contributed by atoms with E-state index in [-0.39, 0.29) is 5.91 Å². The van der Waals surface area contributed by atoms with Crippen LogP contribution in [-0.4, -0.2) is 59.3 Å². The molecule has 1 amide bonds. The van der Waals surface area contributed by atoms with Gasteiger partial charge in [0.25, 0.3) is 5.91 Å². The molecular formula is C22H29N4O2S+. The van der Waals surface area contributed by atoms with Gasteiger partial charge in [0, 0.05) is 38.3 Å². The molecule has 29 heavy (non-hydrogen) atoms. The lowest BCUT2D eigenvalue weighted by atomic mass is 10.1. The van der Waals surface area contributed by atoms with Gasteiger partial charge in [-0.25, -0.2) is 4.98 Å². The minimum Gasteiger partial charge on any atom is -0.494 e. The van der Waals surface area contributed by atoms with Crippen LogP contribution in [0.4, 0.5) is 10.8 Å². The highest BCUT2D eigenvalue weighted by Gasteiger charge is 2.22. The monoisotopic (exact) mass is 413 g/mol. The van der Waals surface area contributed by atoms with Crippen LogP contribution in [0.15, 0.2) is 42.5 Å². The number of nitrogens with zero attached hydrogens (tertiary/aromatic N) is 3. The number of anilines is 2. The number of carbonyl (C=O) groups is 1. The molecule has 0 bridgehead atoms. The summed E-state index contributed by atoms with van der Waals surface area (Å²) in [6.07, 6.45) is 0.900. The fourth-order valence-electron chi connectivity index (χ4n) is 3.12. The molecule has 0 aliphatic heterocycles. The number of ether oxygens (including phenoxy) is 1. The largest absolute Gasteiger partial charge is 0.494 e. The maximum absolute atomic E-state index is 13.4. The predicted octanol–water partition coefficient (Wildman–Crippen LogP) is 2.55. The Morgan fingerprint density at radius 3 is 2.48 bits per heavy atom. The van der Waals surface area contributed by atoms with E-state index in [4.69, 9.17) is 9.72 Å². The van der Waals surface area contributed by atoms with Crippen molar-refractivity contribution in [3.63, 3.8) is 0 Å². The number of thiazole rings is 1. The number of hydrogen-bond donors (Lipinski definition) is 1. The molecule has 1 heterocycles. The summed E-state index contributed by atoms with van der Waals surface area (Å²) < 4.78 is 6.46. The first-order valence-corrected chi connectivity index (χ1v) is 10.5. The third-order valence-electron chi connectivity index (χ3n) is 4.76. The SMILES string of the molecule is COc1cccc2sc(N(CCC[NH+](C)C)C(=O)c3ccc(N(C)C)cc3)nc12. The number of aromatic nitrogens is 1. The number of benzene rings is 2. The minimum atomic E-state index is -0.0258. The Kier molecular flexibility index (Phi) is 6.71. The molecule has 6 nitrogen and oxygen atoms in total. The molecule has 3 rings (SSSR count). The van der Waals surface area contributed by atoms with Crippen molar-refractivity contribution in [2.45, 2.75) is 6.42 Å². The zero-order valence-corrected chi connectivity index (χ0v) is 18.5. The smallest absolute Gasteiger partial charge is 0.260 e. The number of quaternary nitrogens is 1. The quantitative estimate of drug-likeness (QED) is 0.617. The fourth-order valence-corrected chi connectivity index (χ4v) is 4.13. The Hall–Kier alpha value is -2.64. The average Bonchev–Trinajstić information content (AvgIpc) is 3.14.